The van der Waals surface area contributed by atoms with Crippen LogP contribution in [0, 0.1) is 0 Å². The molecule has 1 aromatic heterocycles. The van der Waals surface area contributed by atoms with E-state index in [1.165, 1.54) is 6.20 Å². The highest BCUT2D eigenvalue weighted by atomic mass is 16.5. The average Bonchev–Trinajstić information content (AvgIpc) is 2.73. The number of aliphatic hydroxyl groups is 1. The Kier molecular flexibility index (Phi) is 7.63. The predicted molar refractivity (Wildman–Crippen MR) is 114 cm³/mol. The van der Waals surface area contributed by atoms with Crippen molar-refractivity contribution in [1.29, 1.82) is 0 Å². The summed E-state index contributed by atoms with van der Waals surface area (Å²) in [5, 5.41) is 19.4. The van der Waals surface area contributed by atoms with Crippen molar-refractivity contribution in [2.75, 3.05) is 36.1 Å². The maximum Gasteiger partial charge on any atom is 0.260 e. The third kappa shape index (κ3) is 6.32. The third-order valence-corrected chi connectivity index (χ3v) is 4.89. The van der Waals surface area contributed by atoms with E-state index in [0.29, 0.717) is 29.6 Å². The zero-order chi connectivity index (χ0) is 20.5. The van der Waals surface area contributed by atoms with E-state index in [1.54, 1.807) is 31.4 Å². The number of fused-ring (bicyclic) bond motifs is 2. The van der Waals surface area contributed by atoms with Gasteiger partial charge in [-0.3, -0.25) is 4.79 Å². The van der Waals surface area contributed by atoms with Crippen molar-refractivity contribution in [3.63, 3.8) is 0 Å². The SMILES string of the molecule is COc1ccc(NC(=O)c2cnc3nc2NCCCC(O)CCCCCN3)cc1. The van der Waals surface area contributed by atoms with Crippen LogP contribution in [0.25, 0.3) is 0 Å². The summed E-state index contributed by atoms with van der Waals surface area (Å²) in [4.78, 5) is 21.6. The van der Waals surface area contributed by atoms with Gasteiger partial charge in [0, 0.05) is 25.0 Å². The lowest BCUT2D eigenvalue weighted by Crippen LogP contribution is -2.19. The average molecular weight is 399 g/mol. The molecule has 1 amide bonds. The van der Waals surface area contributed by atoms with Crippen LogP contribution in [-0.2, 0) is 0 Å². The Hall–Kier alpha value is -2.87. The number of nitrogens with zero attached hydrogens (tertiary/aromatic N) is 2. The summed E-state index contributed by atoms with van der Waals surface area (Å²) in [5.74, 6) is 1.43. The molecule has 2 bridgehead atoms. The van der Waals surface area contributed by atoms with Gasteiger partial charge in [-0.25, -0.2) is 4.98 Å². The first-order chi connectivity index (χ1) is 14.2. The molecule has 8 heteroatoms. The second-order valence-electron chi connectivity index (χ2n) is 7.14. The maximum atomic E-state index is 12.8. The normalized spacial score (nSPS) is 17.9. The number of methoxy groups -OCH3 is 1. The second-order valence-corrected chi connectivity index (χ2v) is 7.14. The molecule has 3 rings (SSSR count). The molecule has 4 N–H and O–H groups in total. The number of nitrogens with one attached hydrogen (secondary N) is 3. The Balaban J connectivity index is 1.73. The van der Waals surface area contributed by atoms with Gasteiger partial charge >= 0.3 is 0 Å². The van der Waals surface area contributed by atoms with Crippen molar-refractivity contribution in [3.05, 3.63) is 36.0 Å². The molecule has 156 valence electrons. The number of aromatic nitrogens is 2. The van der Waals surface area contributed by atoms with Crippen LogP contribution in [0.1, 0.15) is 48.9 Å². The quantitative estimate of drug-likeness (QED) is 0.627. The van der Waals surface area contributed by atoms with Gasteiger partial charge in [0.25, 0.3) is 5.91 Å². The van der Waals surface area contributed by atoms with Crippen molar-refractivity contribution in [2.45, 2.75) is 44.6 Å². The van der Waals surface area contributed by atoms with Gasteiger partial charge in [0.15, 0.2) is 0 Å². The molecule has 0 fully saturated rings. The number of rotatable bonds is 3. The first-order valence-electron chi connectivity index (χ1n) is 10.1. The molecule has 0 saturated heterocycles. The molecule has 1 atom stereocenters. The molecule has 2 aromatic rings. The molecule has 1 unspecified atom stereocenters. The number of ether oxygens (including phenoxy) is 1. The Bertz CT molecular complexity index is 797. The van der Waals surface area contributed by atoms with Crippen LogP contribution in [0.3, 0.4) is 0 Å². The van der Waals surface area contributed by atoms with E-state index in [9.17, 15) is 9.90 Å². The summed E-state index contributed by atoms with van der Waals surface area (Å²) in [7, 11) is 1.60. The first kappa shape index (κ1) is 20.9. The van der Waals surface area contributed by atoms with Crippen LogP contribution in [0.2, 0.25) is 0 Å². The Labute approximate surface area is 171 Å². The summed E-state index contributed by atoms with van der Waals surface area (Å²) >= 11 is 0. The fourth-order valence-corrected chi connectivity index (χ4v) is 3.21. The fraction of sp³-hybridized carbons (Fsp3) is 0.476. The zero-order valence-corrected chi connectivity index (χ0v) is 16.8. The van der Waals surface area contributed by atoms with Crippen LogP contribution in [0.4, 0.5) is 17.5 Å². The van der Waals surface area contributed by atoms with Crippen molar-refractivity contribution in [3.8, 4) is 5.75 Å². The lowest BCUT2D eigenvalue weighted by Gasteiger charge is -2.15. The number of aliphatic hydroxyl groups excluding tert-OH is 1. The van der Waals surface area contributed by atoms with Gasteiger partial charge in [-0.1, -0.05) is 12.8 Å². The molecule has 29 heavy (non-hydrogen) atoms. The van der Waals surface area contributed by atoms with Crippen molar-refractivity contribution in [2.24, 2.45) is 0 Å². The number of anilines is 3. The molecule has 8 nitrogen and oxygen atoms in total. The standard InChI is InChI=1S/C21H29N5O3/c1-29-17-10-8-15(9-11-17)25-20(28)18-14-24-21-23-12-4-2-3-6-16(27)7-5-13-22-19(18)26-21/h8-11,14,16,27H,2-7,12-13H2,1H3,(H,25,28)(H2,22,23,24,26). The Morgan fingerprint density at radius 1 is 1.10 bits per heavy atom. The summed E-state index contributed by atoms with van der Waals surface area (Å²) < 4.78 is 5.14. The minimum absolute atomic E-state index is 0.272. The molecule has 1 aliphatic heterocycles. The van der Waals surface area contributed by atoms with Gasteiger partial charge in [0.1, 0.15) is 17.1 Å². The summed E-state index contributed by atoms with van der Waals surface area (Å²) in [6.45, 7) is 1.38. The van der Waals surface area contributed by atoms with E-state index >= 15 is 0 Å². The summed E-state index contributed by atoms with van der Waals surface area (Å²) in [5.41, 5.74) is 1.04. The highest BCUT2D eigenvalue weighted by molar-refractivity contribution is 6.07. The topological polar surface area (TPSA) is 108 Å². The van der Waals surface area contributed by atoms with Crippen LogP contribution in [0.15, 0.2) is 30.5 Å². The number of hydrogen-bond donors (Lipinski definition) is 4. The van der Waals surface area contributed by atoms with Crippen molar-refractivity contribution >= 4 is 23.4 Å². The zero-order valence-electron chi connectivity index (χ0n) is 16.8. The van der Waals surface area contributed by atoms with Crippen molar-refractivity contribution < 1.29 is 14.6 Å². The van der Waals surface area contributed by atoms with Crippen LogP contribution < -0.4 is 20.7 Å². The predicted octanol–water partition coefficient (Wildman–Crippen LogP) is 3.28. The number of benzene rings is 1. The highest BCUT2D eigenvalue weighted by Crippen LogP contribution is 2.20. The molecular formula is C21H29N5O3. The molecular weight excluding hydrogens is 370 g/mol. The molecule has 0 spiro atoms. The van der Waals surface area contributed by atoms with E-state index < -0.39 is 0 Å². The first-order valence-corrected chi connectivity index (χ1v) is 10.1. The number of hydrogen-bond acceptors (Lipinski definition) is 7. The highest BCUT2D eigenvalue weighted by Gasteiger charge is 2.16. The number of amides is 1. The number of carbonyl (C=O) groups is 1. The van der Waals surface area contributed by atoms with E-state index in [1.807, 2.05) is 0 Å². The van der Waals surface area contributed by atoms with Gasteiger partial charge < -0.3 is 25.8 Å². The van der Waals surface area contributed by atoms with E-state index in [-0.39, 0.29) is 12.0 Å². The Morgan fingerprint density at radius 2 is 1.86 bits per heavy atom. The second kappa shape index (κ2) is 10.6. The van der Waals surface area contributed by atoms with Crippen LogP contribution >= 0.6 is 0 Å². The largest absolute Gasteiger partial charge is 0.497 e. The molecule has 0 radical (unpaired) electrons. The lowest BCUT2D eigenvalue weighted by molar-refractivity contribution is 0.102. The molecule has 2 heterocycles. The number of carbonyl (C=O) groups excluding carboxylic acids is 1. The van der Waals surface area contributed by atoms with E-state index in [0.717, 1.165) is 50.8 Å². The van der Waals surface area contributed by atoms with E-state index in [4.69, 9.17) is 4.74 Å². The molecule has 0 aliphatic carbocycles. The summed E-state index contributed by atoms with van der Waals surface area (Å²) in [6, 6.07) is 7.13. The minimum atomic E-state index is -0.287. The van der Waals surface area contributed by atoms with Gasteiger partial charge in [-0.15, -0.1) is 0 Å². The lowest BCUT2D eigenvalue weighted by atomic mass is 10.1. The van der Waals surface area contributed by atoms with Gasteiger partial charge in [-0.05, 0) is 49.9 Å². The Morgan fingerprint density at radius 3 is 2.66 bits per heavy atom. The van der Waals surface area contributed by atoms with Crippen molar-refractivity contribution in [1.82, 2.24) is 9.97 Å². The van der Waals surface area contributed by atoms with Gasteiger partial charge in [0.2, 0.25) is 5.95 Å². The monoisotopic (exact) mass is 399 g/mol. The minimum Gasteiger partial charge on any atom is -0.497 e. The molecule has 1 aliphatic rings. The van der Waals surface area contributed by atoms with E-state index in [2.05, 4.69) is 25.9 Å². The third-order valence-electron chi connectivity index (χ3n) is 4.89. The summed E-state index contributed by atoms with van der Waals surface area (Å²) in [6.07, 6.45) is 6.69. The smallest absolute Gasteiger partial charge is 0.260 e. The van der Waals surface area contributed by atoms with Crippen LogP contribution in [-0.4, -0.2) is 47.3 Å². The van der Waals surface area contributed by atoms with Gasteiger partial charge in [0.05, 0.1) is 13.2 Å². The van der Waals surface area contributed by atoms with Crippen LogP contribution in [0.5, 0.6) is 5.75 Å². The molecule has 1 aromatic carbocycles. The van der Waals surface area contributed by atoms with Gasteiger partial charge in [-0.2, -0.15) is 4.98 Å². The molecule has 0 saturated carbocycles. The maximum absolute atomic E-state index is 12.8. The fourth-order valence-electron chi connectivity index (χ4n) is 3.21.